The summed E-state index contributed by atoms with van der Waals surface area (Å²) in [5.41, 5.74) is 0. The van der Waals surface area contributed by atoms with Crippen molar-refractivity contribution in [2.24, 2.45) is 0 Å². The van der Waals surface area contributed by atoms with Crippen LogP contribution in [0.1, 0.15) is 5.76 Å². The SMILES string of the molecule is CN1CCN(C(=O)NCc2ccco2)CC1. The zero-order valence-corrected chi connectivity index (χ0v) is 9.48. The minimum absolute atomic E-state index is 0.00972. The lowest BCUT2D eigenvalue weighted by atomic mass is 10.3. The molecule has 16 heavy (non-hydrogen) atoms. The standard InChI is InChI=1S/C11H17N3O2/c1-13-4-6-14(7-5-13)11(15)12-9-10-3-2-8-16-10/h2-3,8H,4-7,9H2,1H3,(H,12,15). The van der Waals surface area contributed by atoms with E-state index in [0.29, 0.717) is 6.54 Å². The fourth-order valence-electron chi connectivity index (χ4n) is 1.70. The first-order valence-corrected chi connectivity index (χ1v) is 5.49. The van der Waals surface area contributed by atoms with Crippen molar-refractivity contribution in [1.29, 1.82) is 0 Å². The number of hydrogen-bond acceptors (Lipinski definition) is 3. The van der Waals surface area contributed by atoms with E-state index in [1.54, 1.807) is 6.26 Å². The van der Waals surface area contributed by atoms with E-state index in [0.717, 1.165) is 31.9 Å². The molecule has 0 atom stereocenters. The largest absolute Gasteiger partial charge is 0.467 e. The van der Waals surface area contributed by atoms with Gasteiger partial charge in [-0.3, -0.25) is 0 Å². The highest BCUT2D eigenvalue weighted by molar-refractivity contribution is 5.74. The van der Waals surface area contributed by atoms with Crippen molar-refractivity contribution in [2.75, 3.05) is 33.2 Å². The maximum absolute atomic E-state index is 11.8. The minimum atomic E-state index is -0.00972. The molecule has 1 fully saturated rings. The molecule has 88 valence electrons. The number of hydrogen-bond donors (Lipinski definition) is 1. The Morgan fingerprint density at radius 3 is 2.81 bits per heavy atom. The lowest BCUT2D eigenvalue weighted by Gasteiger charge is -2.32. The maximum atomic E-state index is 11.8. The normalized spacial score (nSPS) is 17.4. The van der Waals surface area contributed by atoms with Gasteiger partial charge < -0.3 is 19.5 Å². The number of urea groups is 1. The number of nitrogens with zero attached hydrogens (tertiary/aromatic N) is 2. The number of carbonyl (C=O) groups excluding carboxylic acids is 1. The van der Waals surface area contributed by atoms with Crippen LogP contribution in [0.5, 0.6) is 0 Å². The van der Waals surface area contributed by atoms with Crippen LogP contribution in [0.25, 0.3) is 0 Å². The van der Waals surface area contributed by atoms with E-state index in [1.807, 2.05) is 17.0 Å². The first kappa shape index (κ1) is 11.0. The molecule has 2 rings (SSSR count). The van der Waals surface area contributed by atoms with Crippen molar-refractivity contribution in [2.45, 2.75) is 6.54 Å². The Morgan fingerprint density at radius 2 is 2.19 bits per heavy atom. The van der Waals surface area contributed by atoms with Gasteiger partial charge in [0.1, 0.15) is 5.76 Å². The van der Waals surface area contributed by atoms with E-state index in [1.165, 1.54) is 0 Å². The minimum Gasteiger partial charge on any atom is -0.467 e. The Labute approximate surface area is 95.0 Å². The Kier molecular flexibility index (Phi) is 3.46. The fourth-order valence-corrected chi connectivity index (χ4v) is 1.70. The van der Waals surface area contributed by atoms with Gasteiger partial charge >= 0.3 is 6.03 Å². The van der Waals surface area contributed by atoms with E-state index < -0.39 is 0 Å². The second-order valence-corrected chi connectivity index (χ2v) is 4.03. The second kappa shape index (κ2) is 5.03. The number of furan rings is 1. The monoisotopic (exact) mass is 223 g/mol. The third kappa shape index (κ3) is 2.76. The van der Waals surface area contributed by atoms with Crippen LogP contribution in [-0.4, -0.2) is 49.1 Å². The summed E-state index contributed by atoms with van der Waals surface area (Å²) >= 11 is 0. The predicted octanol–water partition coefficient (Wildman–Crippen LogP) is 0.737. The summed E-state index contributed by atoms with van der Waals surface area (Å²) in [6, 6.07) is 3.66. The molecule has 0 spiro atoms. The molecule has 1 aromatic heterocycles. The quantitative estimate of drug-likeness (QED) is 0.804. The average Bonchev–Trinajstić information content (AvgIpc) is 2.80. The van der Waals surface area contributed by atoms with Gasteiger partial charge in [-0.2, -0.15) is 0 Å². The van der Waals surface area contributed by atoms with Gasteiger partial charge in [-0.25, -0.2) is 4.79 Å². The summed E-state index contributed by atoms with van der Waals surface area (Å²) in [4.78, 5) is 15.8. The highest BCUT2D eigenvalue weighted by Gasteiger charge is 2.18. The van der Waals surface area contributed by atoms with Crippen LogP contribution < -0.4 is 5.32 Å². The van der Waals surface area contributed by atoms with Crippen molar-refractivity contribution in [3.05, 3.63) is 24.2 Å². The first-order chi connectivity index (χ1) is 7.75. The van der Waals surface area contributed by atoms with Crippen molar-refractivity contribution >= 4 is 6.03 Å². The molecular formula is C11H17N3O2. The Hall–Kier alpha value is -1.49. The third-order valence-corrected chi connectivity index (χ3v) is 2.78. The van der Waals surface area contributed by atoms with Crippen LogP contribution in [0.2, 0.25) is 0 Å². The van der Waals surface area contributed by atoms with Gasteiger partial charge in [-0.1, -0.05) is 0 Å². The molecule has 1 N–H and O–H groups in total. The zero-order chi connectivity index (χ0) is 11.4. The molecule has 5 nitrogen and oxygen atoms in total. The van der Waals surface area contributed by atoms with Crippen LogP contribution in [0.4, 0.5) is 4.79 Å². The molecule has 1 aromatic rings. The summed E-state index contributed by atoms with van der Waals surface area (Å²) in [6.07, 6.45) is 1.61. The second-order valence-electron chi connectivity index (χ2n) is 4.03. The molecule has 0 unspecified atom stereocenters. The summed E-state index contributed by atoms with van der Waals surface area (Å²) in [7, 11) is 2.07. The van der Waals surface area contributed by atoms with E-state index in [4.69, 9.17) is 4.42 Å². The van der Waals surface area contributed by atoms with Crippen molar-refractivity contribution in [3.63, 3.8) is 0 Å². The molecule has 1 aliphatic rings. The summed E-state index contributed by atoms with van der Waals surface area (Å²) in [5.74, 6) is 0.780. The molecule has 2 heterocycles. The van der Waals surface area contributed by atoms with Crippen molar-refractivity contribution in [3.8, 4) is 0 Å². The number of carbonyl (C=O) groups is 1. The number of likely N-dealkylation sites (N-methyl/N-ethyl adjacent to an activating group) is 1. The molecule has 1 aliphatic heterocycles. The van der Waals surface area contributed by atoms with E-state index in [-0.39, 0.29) is 6.03 Å². The Morgan fingerprint density at radius 1 is 1.44 bits per heavy atom. The smallest absolute Gasteiger partial charge is 0.317 e. The molecule has 0 saturated carbocycles. The van der Waals surface area contributed by atoms with Crippen LogP contribution in [0.15, 0.2) is 22.8 Å². The Bertz CT molecular complexity index is 329. The van der Waals surface area contributed by atoms with Crippen LogP contribution >= 0.6 is 0 Å². The third-order valence-electron chi connectivity index (χ3n) is 2.78. The topological polar surface area (TPSA) is 48.7 Å². The van der Waals surface area contributed by atoms with Crippen molar-refractivity contribution in [1.82, 2.24) is 15.1 Å². The number of nitrogens with one attached hydrogen (secondary N) is 1. The van der Waals surface area contributed by atoms with Crippen LogP contribution in [-0.2, 0) is 6.54 Å². The first-order valence-electron chi connectivity index (χ1n) is 5.49. The zero-order valence-electron chi connectivity index (χ0n) is 9.48. The van der Waals surface area contributed by atoms with E-state index in [9.17, 15) is 4.79 Å². The summed E-state index contributed by atoms with van der Waals surface area (Å²) < 4.78 is 5.15. The molecule has 1 saturated heterocycles. The molecule has 0 aromatic carbocycles. The van der Waals surface area contributed by atoms with E-state index in [2.05, 4.69) is 17.3 Å². The molecular weight excluding hydrogens is 206 g/mol. The fraction of sp³-hybridized carbons (Fsp3) is 0.545. The summed E-state index contributed by atoms with van der Waals surface area (Å²) in [5, 5.41) is 2.84. The lowest BCUT2D eigenvalue weighted by molar-refractivity contribution is 0.153. The summed E-state index contributed by atoms with van der Waals surface area (Å²) in [6.45, 7) is 3.92. The van der Waals surface area contributed by atoms with Crippen LogP contribution in [0.3, 0.4) is 0 Å². The van der Waals surface area contributed by atoms with Crippen LogP contribution in [0, 0.1) is 0 Å². The molecule has 0 bridgehead atoms. The molecule has 2 amide bonds. The lowest BCUT2D eigenvalue weighted by Crippen LogP contribution is -2.50. The van der Waals surface area contributed by atoms with Gasteiger partial charge in [0.25, 0.3) is 0 Å². The molecule has 0 radical (unpaired) electrons. The van der Waals surface area contributed by atoms with Gasteiger partial charge in [0, 0.05) is 26.2 Å². The predicted molar refractivity (Wildman–Crippen MR) is 60.0 cm³/mol. The molecule has 0 aliphatic carbocycles. The Balaban J connectivity index is 1.75. The number of piperazine rings is 1. The number of amides is 2. The van der Waals surface area contributed by atoms with Gasteiger partial charge in [0.05, 0.1) is 12.8 Å². The average molecular weight is 223 g/mol. The maximum Gasteiger partial charge on any atom is 0.317 e. The highest BCUT2D eigenvalue weighted by atomic mass is 16.3. The van der Waals surface area contributed by atoms with Gasteiger partial charge in [0.2, 0.25) is 0 Å². The van der Waals surface area contributed by atoms with Gasteiger partial charge in [-0.05, 0) is 19.2 Å². The highest BCUT2D eigenvalue weighted by Crippen LogP contribution is 2.02. The van der Waals surface area contributed by atoms with Gasteiger partial charge in [-0.15, -0.1) is 0 Å². The van der Waals surface area contributed by atoms with Crippen molar-refractivity contribution < 1.29 is 9.21 Å². The number of rotatable bonds is 2. The van der Waals surface area contributed by atoms with E-state index >= 15 is 0 Å². The van der Waals surface area contributed by atoms with Gasteiger partial charge in [0.15, 0.2) is 0 Å². The molecule has 5 heteroatoms.